The monoisotopic (exact) mass is 627 g/mol. The summed E-state index contributed by atoms with van der Waals surface area (Å²) in [6, 6.07) is 26.8. The van der Waals surface area contributed by atoms with Crippen LogP contribution in [0.3, 0.4) is 0 Å². The SMILES string of the molecule is O=C(Nc1ccccc1)Nc1ncnc2c1nc(SCc1ccccc1)n2[C@@H]1O[C@H](CO)[C@@H](O)[C@H]1OC(=O)Nc1ccccc1. The number of urea groups is 1. The van der Waals surface area contributed by atoms with Crippen molar-refractivity contribution in [2.75, 3.05) is 22.6 Å². The van der Waals surface area contributed by atoms with Gasteiger partial charge in [0.05, 0.1) is 6.61 Å². The van der Waals surface area contributed by atoms with Crippen molar-refractivity contribution in [2.45, 2.75) is 35.4 Å². The van der Waals surface area contributed by atoms with Crippen LogP contribution in [0.1, 0.15) is 11.8 Å². The quantitative estimate of drug-likeness (QED) is 0.145. The molecule has 1 aliphatic rings. The topological polar surface area (TPSA) is 173 Å². The standard InChI is InChI=1S/C31H29N7O6S/c39-16-22-24(40)25(44-31(42)35-21-14-8-3-9-15-21)28(43-22)38-27-23(36-30(38)45-17-19-10-4-1-5-11-19)26(32-18-33-27)37-29(41)34-20-12-6-2-7-13-20/h1-15,18,22,24-25,28,39-40H,16-17H2,(H,35,42)(H2,32,33,34,37,41)/t22-,24-,25-,28-/m1/s1. The molecule has 3 heterocycles. The lowest BCUT2D eigenvalue weighted by Crippen LogP contribution is -2.38. The first-order chi connectivity index (χ1) is 22.0. The molecular formula is C31H29N7O6S. The summed E-state index contributed by atoms with van der Waals surface area (Å²) in [7, 11) is 0. The lowest BCUT2D eigenvalue weighted by Gasteiger charge is -2.23. The van der Waals surface area contributed by atoms with Crippen LogP contribution >= 0.6 is 11.8 Å². The second-order valence-electron chi connectivity index (χ2n) is 9.98. The third-order valence-corrected chi connectivity index (χ3v) is 7.95. The fourth-order valence-corrected chi connectivity index (χ4v) is 5.79. The Morgan fingerprint density at radius 3 is 2.20 bits per heavy atom. The van der Waals surface area contributed by atoms with Crippen LogP contribution in [0.4, 0.5) is 26.8 Å². The number of carbonyl (C=O) groups is 2. The van der Waals surface area contributed by atoms with E-state index in [1.807, 2.05) is 42.5 Å². The van der Waals surface area contributed by atoms with E-state index in [4.69, 9.17) is 14.5 Å². The van der Waals surface area contributed by atoms with Gasteiger partial charge in [0.2, 0.25) is 0 Å². The molecule has 230 valence electrons. The molecule has 4 atom stereocenters. The zero-order valence-electron chi connectivity index (χ0n) is 23.7. The van der Waals surface area contributed by atoms with Gasteiger partial charge in [0, 0.05) is 17.1 Å². The second-order valence-corrected chi connectivity index (χ2v) is 10.9. The largest absolute Gasteiger partial charge is 0.438 e. The molecule has 14 heteroatoms. The summed E-state index contributed by atoms with van der Waals surface area (Å²) in [6.07, 6.45) is -4.39. The highest BCUT2D eigenvalue weighted by molar-refractivity contribution is 7.98. The number of amides is 3. The van der Waals surface area contributed by atoms with Crippen LogP contribution in [-0.2, 0) is 15.2 Å². The van der Waals surface area contributed by atoms with E-state index in [0.717, 1.165) is 5.56 Å². The molecule has 6 rings (SSSR count). The molecule has 0 bridgehead atoms. The highest BCUT2D eigenvalue weighted by Crippen LogP contribution is 2.39. The maximum Gasteiger partial charge on any atom is 0.412 e. The number of benzene rings is 3. The van der Waals surface area contributed by atoms with Crippen molar-refractivity contribution in [2.24, 2.45) is 0 Å². The molecule has 3 aromatic carbocycles. The molecule has 1 aliphatic heterocycles. The van der Waals surface area contributed by atoms with Crippen LogP contribution in [0.5, 0.6) is 0 Å². The van der Waals surface area contributed by atoms with Crippen molar-refractivity contribution in [1.29, 1.82) is 0 Å². The van der Waals surface area contributed by atoms with E-state index in [1.165, 1.54) is 18.1 Å². The predicted molar refractivity (Wildman–Crippen MR) is 168 cm³/mol. The number of carbonyl (C=O) groups excluding carboxylic acids is 2. The highest BCUT2D eigenvalue weighted by atomic mass is 32.2. The summed E-state index contributed by atoms with van der Waals surface area (Å²) in [4.78, 5) is 39.3. The van der Waals surface area contributed by atoms with E-state index >= 15 is 0 Å². The number of nitrogens with one attached hydrogen (secondary N) is 3. The molecule has 1 fully saturated rings. The summed E-state index contributed by atoms with van der Waals surface area (Å²) in [6.45, 7) is -0.529. The third kappa shape index (κ3) is 6.89. The zero-order valence-corrected chi connectivity index (χ0v) is 24.5. The van der Waals surface area contributed by atoms with Crippen molar-refractivity contribution in [1.82, 2.24) is 19.5 Å². The summed E-state index contributed by atoms with van der Waals surface area (Å²) < 4.78 is 13.4. The van der Waals surface area contributed by atoms with E-state index in [0.29, 0.717) is 22.3 Å². The van der Waals surface area contributed by atoms with Crippen molar-refractivity contribution >= 4 is 52.2 Å². The lowest BCUT2D eigenvalue weighted by atomic mass is 10.1. The van der Waals surface area contributed by atoms with Gasteiger partial charge in [0.15, 0.2) is 34.5 Å². The fraction of sp³-hybridized carbons (Fsp3) is 0.194. The number of hydrogen-bond donors (Lipinski definition) is 5. The average Bonchev–Trinajstić information content (AvgIpc) is 3.58. The minimum Gasteiger partial charge on any atom is -0.438 e. The van der Waals surface area contributed by atoms with Crippen molar-refractivity contribution in [3.05, 3.63) is 103 Å². The Hall–Kier alpha value is -5.02. The Kier molecular flexibility index (Phi) is 9.17. The smallest absolute Gasteiger partial charge is 0.412 e. The summed E-state index contributed by atoms with van der Waals surface area (Å²) >= 11 is 1.35. The summed E-state index contributed by atoms with van der Waals surface area (Å²) in [5.74, 6) is 0.637. The van der Waals surface area contributed by atoms with E-state index in [-0.39, 0.29) is 17.0 Å². The molecule has 0 spiro atoms. The molecule has 0 aliphatic carbocycles. The van der Waals surface area contributed by atoms with Gasteiger partial charge in [0.25, 0.3) is 0 Å². The molecule has 3 amide bonds. The zero-order chi connectivity index (χ0) is 31.2. The van der Waals surface area contributed by atoms with Gasteiger partial charge < -0.3 is 25.0 Å². The normalized spacial score (nSPS) is 19.2. The van der Waals surface area contributed by atoms with E-state index in [9.17, 15) is 19.8 Å². The number of nitrogens with zero attached hydrogens (tertiary/aromatic N) is 4. The molecule has 5 aromatic rings. The highest BCUT2D eigenvalue weighted by Gasteiger charge is 2.48. The average molecular weight is 628 g/mol. The number of aliphatic hydroxyl groups excluding tert-OH is 2. The van der Waals surface area contributed by atoms with E-state index in [2.05, 4.69) is 25.9 Å². The van der Waals surface area contributed by atoms with Crippen molar-refractivity contribution in [3.63, 3.8) is 0 Å². The van der Waals surface area contributed by atoms with Crippen LogP contribution in [0.25, 0.3) is 11.2 Å². The van der Waals surface area contributed by atoms with Crippen LogP contribution in [0.15, 0.2) is 102 Å². The first-order valence-corrected chi connectivity index (χ1v) is 15.0. The first-order valence-electron chi connectivity index (χ1n) is 14.0. The van der Waals surface area contributed by atoms with Gasteiger partial charge in [-0.05, 0) is 29.8 Å². The van der Waals surface area contributed by atoms with Crippen LogP contribution < -0.4 is 16.0 Å². The number of aromatic nitrogens is 4. The number of rotatable bonds is 9. The molecule has 0 unspecified atom stereocenters. The maximum atomic E-state index is 12.9. The molecular weight excluding hydrogens is 598 g/mol. The molecule has 1 saturated heterocycles. The number of thioether (sulfide) groups is 1. The van der Waals surface area contributed by atoms with E-state index in [1.54, 1.807) is 53.1 Å². The Morgan fingerprint density at radius 2 is 1.53 bits per heavy atom. The van der Waals surface area contributed by atoms with Crippen molar-refractivity contribution in [3.8, 4) is 0 Å². The Balaban J connectivity index is 1.35. The first kappa shape index (κ1) is 30.0. The molecule has 5 N–H and O–H groups in total. The van der Waals surface area contributed by atoms with Crippen LogP contribution in [0.2, 0.25) is 0 Å². The molecule has 2 aromatic heterocycles. The second kappa shape index (κ2) is 13.7. The van der Waals surface area contributed by atoms with Gasteiger partial charge in [0.1, 0.15) is 18.5 Å². The van der Waals surface area contributed by atoms with E-state index < -0.39 is 43.3 Å². The number of para-hydroxylation sites is 2. The summed E-state index contributed by atoms with van der Waals surface area (Å²) in [5.41, 5.74) is 2.60. The van der Waals surface area contributed by atoms with Gasteiger partial charge in [-0.1, -0.05) is 78.5 Å². The van der Waals surface area contributed by atoms with Crippen molar-refractivity contribution < 1.29 is 29.3 Å². The maximum absolute atomic E-state index is 12.9. The number of aliphatic hydroxyl groups is 2. The Bertz CT molecular complexity index is 1760. The van der Waals surface area contributed by atoms with Crippen LogP contribution in [0, 0.1) is 0 Å². The number of imidazole rings is 1. The molecule has 0 saturated carbocycles. The molecule has 0 radical (unpaired) electrons. The van der Waals surface area contributed by atoms with Gasteiger partial charge in [-0.3, -0.25) is 15.2 Å². The Labute approximate surface area is 261 Å². The van der Waals surface area contributed by atoms with Gasteiger partial charge >= 0.3 is 12.1 Å². The number of ether oxygens (including phenoxy) is 2. The fourth-order valence-electron chi connectivity index (χ4n) is 4.82. The Morgan fingerprint density at radius 1 is 0.889 bits per heavy atom. The number of fused-ring (bicyclic) bond motifs is 1. The number of anilines is 3. The molecule has 45 heavy (non-hydrogen) atoms. The van der Waals surface area contributed by atoms with Gasteiger partial charge in [-0.25, -0.2) is 24.5 Å². The van der Waals surface area contributed by atoms with Gasteiger partial charge in [-0.2, -0.15) is 0 Å². The predicted octanol–water partition coefficient (Wildman–Crippen LogP) is 4.63. The minimum absolute atomic E-state index is 0.130. The summed E-state index contributed by atoms with van der Waals surface area (Å²) in [5, 5.41) is 29.6. The third-order valence-electron chi connectivity index (χ3n) is 6.93. The molecule has 13 nitrogen and oxygen atoms in total. The lowest BCUT2D eigenvalue weighted by molar-refractivity contribution is -0.0557. The minimum atomic E-state index is -1.37. The van der Waals surface area contributed by atoms with Gasteiger partial charge in [-0.15, -0.1) is 0 Å². The number of hydrogen-bond acceptors (Lipinski definition) is 10. The van der Waals surface area contributed by atoms with Crippen LogP contribution in [-0.4, -0.2) is 66.8 Å².